The molecule has 1 N–H and O–H groups in total. The van der Waals surface area contributed by atoms with Crippen molar-refractivity contribution < 1.29 is 14.3 Å². The van der Waals surface area contributed by atoms with Crippen LogP contribution in [0, 0.1) is 13.8 Å². The molecule has 0 saturated heterocycles. The summed E-state index contributed by atoms with van der Waals surface area (Å²) in [5.41, 5.74) is 7.17. The monoisotopic (exact) mass is 452 g/mol. The first kappa shape index (κ1) is 24.7. The third-order valence-corrected chi connectivity index (χ3v) is 5.88. The third kappa shape index (κ3) is 4.88. The minimum absolute atomic E-state index is 0.0892. The van der Waals surface area contributed by atoms with E-state index in [0.29, 0.717) is 24.5 Å². The molecule has 0 radical (unpaired) electrons. The molecule has 33 heavy (non-hydrogen) atoms. The lowest BCUT2D eigenvalue weighted by molar-refractivity contribution is 0.0956. The summed E-state index contributed by atoms with van der Waals surface area (Å²) in [6.07, 6.45) is 3.73. The molecule has 7 heteroatoms. The minimum Gasteiger partial charge on any atom is -0.474 e. The molecule has 0 fully saturated rings. The third-order valence-electron chi connectivity index (χ3n) is 5.88. The topological polar surface area (TPSA) is 78.3 Å². The van der Waals surface area contributed by atoms with Gasteiger partial charge in [-0.1, -0.05) is 13.8 Å². The minimum atomic E-state index is -0.228. The molecule has 0 aliphatic rings. The van der Waals surface area contributed by atoms with E-state index in [9.17, 15) is 4.79 Å². The molecule has 0 aromatic carbocycles. The zero-order valence-electron chi connectivity index (χ0n) is 21.1. The number of aromatic nitrogens is 3. The number of carbonyl (C=O) groups is 1. The first-order chi connectivity index (χ1) is 15.7. The summed E-state index contributed by atoms with van der Waals surface area (Å²) in [7, 11) is 3.35. The number of hydrogen-bond donors (Lipinski definition) is 1. The standard InChI is InChI=1S/C26H36N4O3/c1-9-18(14-32-8)30-13-17(6)24-22(30)11-16(5)23(29-24)19-12-20(25(31)27-7)26(33-15(3)4)28-21(19)10-2/h11-13,15,18H,9-10,14H2,1-8H3,(H,27,31)/t18-/m1/s1. The number of fused-ring (bicyclic) bond motifs is 1. The molecule has 1 atom stereocenters. The van der Waals surface area contributed by atoms with E-state index in [1.807, 2.05) is 19.9 Å². The van der Waals surface area contributed by atoms with Crippen molar-refractivity contribution >= 4 is 16.9 Å². The van der Waals surface area contributed by atoms with Crippen LogP contribution in [0.2, 0.25) is 0 Å². The maximum absolute atomic E-state index is 12.7. The summed E-state index contributed by atoms with van der Waals surface area (Å²) in [5.74, 6) is 0.129. The molecule has 3 aromatic rings. The largest absolute Gasteiger partial charge is 0.474 e. The molecule has 3 rings (SSSR count). The maximum atomic E-state index is 12.7. The molecule has 178 valence electrons. The average Bonchev–Trinajstić information content (AvgIpc) is 3.10. The van der Waals surface area contributed by atoms with Crippen LogP contribution in [-0.4, -0.2) is 47.3 Å². The van der Waals surface area contributed by atoms with Crippen LogP contribution in [-0.2, 0) is 11.2 Å². The van der Waals surface area contributed by atoms with Crippen molar-refractivity contribution in [2.75, 3.05) is 20.8 Å². The lowest BCUT2D eigenvalue weighted by Gasteiger charge is -2.19. The van der Waals surface area contributed by atoms with Gasteiger partial charge >= 0.3 is 0 Å². The van der Waals surface area contributed by atoms with E-state index in [4.69, 9.17) is 19.4 Å². The number of rotatable bonds is 9. The Morgan fingerprint density at radius 1 is 1.15 bits per heavy atom. The summed E-state index contributed by atoms with van der Waals surface area (Å²) in [5, 5.41) is 2.70. The van der Waals surface area contributed by atoms with Crippen molar-refractivity contribution in [1.82, 2.24) is 19.9 Å². The summed E-state index contributed by atoms with van der Waals surface area (Å²) in [6, 6.07) is 4.30. The van der Waals surface area contributed by atoms with Crippen LogP contribution in [0.1, 0.15) is 67.3 Å². The molecule has 3 aromatic heterocycles. The fourth-order valence-corrected chi connectivity index (χ4v) is 4.20. The van der Waals surface area contributed by atoms with Crippen LogP contribution >= 0.6 is 0 Å². The van der Waals surface area contributed by atoms with Gasteiger partial charge in [-0.05, 0) is 63.8 Å². The fourth-order valence-electron chi connectivity index (χ4n) is 4.20. The first-order valence-corrected chi connectivity index (χ1v) is 11.7. The second-order valence-electron chi connectivity index (χ2n) is 8.69. The highest BCUT2D eigenvalue weighted by atomic mass is 16.5. The van der Waals surface area contributed by atoms with Gasteiger partial charge in [-0.2, -0.15) is 0 Å². The van der Waals surface area contributed by atoms with E-state index in [0.717, 1.165) is 45.5 Å². The summed E-state index contributed by atoms with van der Waals surface area (Å²) < 4.78 is 13.6. The van der Waals surface area contributed by atoms with Crippen molar-refractivity contribution in [3.05, 3.63) is 40.7 Å². The van der Waals surface area contributed by atoms with Crippen molar-refractivity contribution in [2.45, 2.75) is 66.5 Å². The zero-order chi connectivity index (χ0) is 24.3. The SMILES string of the molecule is CCc1nc(OC(C)C)c(C(=O)NC)cc1-c1nc2c(C)cn([C@H](CC)COC)c2cc1C. The van der Waals surface area contributed by atoms with Gasteiger partial charge in [0.1, 0.15) is 5.56 Å². The molecule has 0 unspecified atom stereocenters. The molecule has 0 aliphatic carbocycles. The Hall–Kier alpha value is -2.93. The number of aryl methyl sites for hydroxylation is 3. The van der Waals surface area contributed by atoms with Gasteiger partial charge in [-0.3, -0.25) is 4.79 Å². The van der Waals surface area contributed by atoms with E-state index >= 15 is 0 Å². The molecule has 3 heterocycles. The van der Waals surface area contributed by atoms with E-state index in [2.05, 4.69) is 49.8 Å². The van der Waals surface area contributed by atoms with Crippen molar-refractivity contribution in [3.8, 4) is 17.1 Å². The van der Waals surface area contributed by atoms with Gasteiger partial charge in [0.15, 0.2) is 0 Å². The highest BCUT2D eigenvalue weighted by Crippen LogP contribution is 2.34. The Bertz CT molecular complexity index is 1150. The van der Waals surface area contributed by atoms with Crippen LogP contribution in [0.3, 0.4) is 0 Å². The number of nitrogens with zero attached hydrogens (tertiary/aromatic N) is 3. The van der Waals surface area contributed by atoms with Gasteiger partial charge in [-0.25, -0.2) is 9.97 Å². The Labute approximate surface area is 196 Å². The molecule has 0 saturated carbocycles. The second kappa shape index (κ2) is 10.3. The fraction of sp³-hybridized carbons (Fsp3) is 0.500. The predicted molar refractivity (Wildman–Crippen MR) is 132 cm³/mol. The second-order valence-corrected chi connectivity index (χ2v) is 8.69. The lowest BCUT2D eigenvalue weighted by Crippen LogP contribution is -2.21. The van der Waals surface area contributed by atoms with Crippen molar-refractivity contribution in [1.29, 1.82) is 0 Å². The van der Waals surface area contributed by atoms with Gasteiger partial charge in [0.2, 0.25) is 5.88 Å². The molecule has 7 nitrogen and oxygen atoms in total. The van der Waals surface area contributed by atoms with E-state index in [1.165, 1.54) is 0 Å². The molecule has 0 bridgehead atoms. The summed E-state index contributed by atoms with van der Waals surface area (Å²) >= 11 is 0. The van der Waals surface area contributed by atoms with Gasteiger partial charge in [-0.15, -0.1) is 0 Å². The van der Waals surface area contributed by atoms with Gasteiger partial charge in [0, 0.05) is 25.9 Å². The Kier molecular flexibility index (Phi) is 7.74. The Balaban J connectivity index is 2.24. The van der Waals surface area contributed by atoms with Crippen LogP contribution in [0.4, 0.5) is 0 Å². The number of methoxy groups -OCH3 is 1. The predicted octanol–water partition coefficient (Wildman–Crippen LogP) is 5.02. The molecule has 1 amide bonds. The summed E-state index contributed by atoms with van der Waals surface area (Å²) in [4.78, 5) is 22.5. The molecule has 0 aliphatic heterocycles. The van der Waals surface area contributed by atoms with Crippen LogP contribution in [0.15, 0.2) is 18.3 Å². The van der Waals surface area contributed by atoms with Gasteiger partial charge in [0.05, 0.1) is 41.2 Å². The number of hydrogen-bond acceptors (Lipinski definition) is 5. The highest BCUT2D eigenvalue weighted by molar-refractivity contribution is 5.98. The lowest BCUT2D eigenvalue weighted by atomic mass is 10.0. The smallest absolute Gasteiger partial charge is 0.256 e. The summed E-state index contributed by atoms with van der Waals surface area (Å²) in [6.45, 7) is 12.9. The number of amides is 1. The highest BCUT2D eigenvalue weighted by Gasteiger charge is 2.22. The zero-order valence-corrected chi connectivity index (χ0v) is 21.1. The number of pyridine rings is 2. The normalized spacial score (nSPS) is 12.4. The van der Waals surface area contributed by atoms with Crippen molar-refractivity contribution in [3.63, 3.8) is 0 Å². The maximum Gasteiger partial charge on any atom is 0.256 e. The van der Waals surface area contributed by atoms with E-state index in [-0.39, 0.29) is 18.1 Å². The van der Waals surface area contributed by atoms with E-state index < -0.39 is 0 Å². The Morgan fingerprint density at radius 3 is 2.45 bits per heavy atom. The van der Waals surface area contributed by atoms with Crippen LogP contribution < -0.4 is 10.1 Å². The van der Waals surface area contributed by atoms with Gasteiger partial charge in [0.25, 0.3) is 5.91 Å². The van der Waals surface area contributed by atoms with Crippen molar-refractivity contribution in [2.24, 2.45) is 0 Å². The average molecular weight is 453 g/mol. The number of ether oxygens (including phenoxy) is 2. The van der Waals surface area contributed by atoms with E-state index in [1.54, 1.807) is 14.2 Å². The molecular formula is C26H36N4O3. The first-order valence-electron chi connectivity index (χ1n) is 11.7. The number of carbonyl (C=O) groups excluding carboxylic acids is 1. The van der Waals surface area contributed by atoms with Crippen LogP contribution in [0.5, 0.6) is 5.88 Å². The van der Waals surface area contributed by atoms with Crippen LogP contribution in [0.25, 0.3) is 22.3 Å². The Morgan fingerprint density at radius 2 is 1.88 bits per heavy atom. The number of nitrogens with one attached hydrogen (secondary N) is 1. The van der Waals surface area contributed by atoms with Gasteiger partial charge < -0.3 is 19.4 Å². The molecule has 0 spiro atoms. The molecular weight excluding hydrogens is 416 g/mol. The quantitative estimate of drug-likeness (QED) is 0.493.